The van der Waals surface area contributed by atoms with Gasteiger partial charge < -0.3 is 10.1 Å². The molecule has 0 atom stereocenters. The first-order chi connectivity index (χ1) is 12.7. The summed E-state index contributed by atoms with van der Waals surface area (Å²) in [6.07, 6.45) is 2.86. The molecule has 1 N–H and O–H groups in total. The summed E-state index contributed by atoms with van der Waals surface area (Å²) >= 11 is 0. The Hall–Kier alpha value is -3.33. The number of rotatable bonds is 6. The Morgan fingerprint density at radius 2 is 2.00 bits per heavy atom. The van der Waals surface area contributed by atoms with Crippen LogP contribution in [0.5, 0.6) is 6.01 Å². The highest BCUT2D eigenvalue weighted by atomic mass is 16.5. The minimum Gasteiger partial charge on any atom is -0.468 e. The van der Waals surface area contributed by atoms with E-state index in [-0.39, 0.29) is 12.0 Å². The zero-order chi connectivity index (χ0) is 18.4. The molecule has 0 radical (unpaired) electrons. The summed E-state index contributed by atoms with van der Waals surface area (Å²) in [4.78, 5) is 20.3. The lowest BCUT2D eigenvalue weighted by molar-refractivity contribution is 0.239. The first-order valence-electron chi connectivity index (χ1n) is 8.49. The third-order valence-electron chi connectivity index (χ3n) is 4.15. The molecule has 6 heteroatoms. The van der Waals surface area contributed by atoms with E-state index in [1.54, 1.807) is 18.2 Å². The van der Waals surface area contributed by atoms with Gasteiger partial charge in [-0.2, -0.15) is 0 Å². The van der Waals surface area contributed by atoms with Crippen LogP contribution in [0.2, 0.25) is 0 Å². The molecule has 0 fully saturated rings. The van der Waals surface area contributed by atoms with E-state index in [4.69, 9.17) is 11.3 Å². The highest BCUT2D eigenvalue weighted by molar-refractivity contribution is 5.96. The first-order valence-corrected chi connectivity index (χ1v) is 8.49. The molecular formula is C20H20N4O2. The number of fused-ring (bicyclic) bond motifs is 1. The molecule has 6 nitrogen and oxygen atoms in total. The lowest BCUT2D eigenvalue weighted by Gasteiger charge is -2.09. The number of nitrogens with one attached hydrogen (secondary N) is 1. The number of hydrogen-bond acceptors (Lipinski definition) is 3. The Bertz CT molecular complexity index is 942. The van der Waals surface area contributed by atoms with Gasteiger partial charge in [-0.3, -0.25) is 0 Å². The number of methoxy groups -OCH3 is 1. The minimum absolute atomic E-state index is 0.179. The Morgan fingerprint density at radius 1 is 1.19 bits per heavy atom. The van der Waals surface area contributed by atoms with Gasteiger partial charge in [0.05, 0.1) is 24.7 Å². The summed E-state index contributed by atoms with van der Waals surface area (Å²) in [7, 11) is 1.46. The molecule has 1 heterocycles. The van der Waals surface area contributed by atoms with Crippen molar-refractivity contribution in [2.75, 3.05) is 13.7 Å². The second kappa shape index (κ2) is 8.17. The number of benzene rings is 2. The van der Waals surface area contributed by atoms with Gasteiger partial charge in [-0.15, -0.1) is 0 Å². The van der Waals surface area contributed by atoms with Gasteiger partial charge in [-0.25, -0.2) is 19.2 Å². The maximum absolute atomic E-state index is 12.6. The number of aromatic nitrogens is 2. The van der Waals surface area contributed by atoms with E-state index < -0.39 is 0 Å². The standard InChI is InChI=1S/C20H20N4O2/c1-21-16-12-8-13-17-18(16)23-20(26-2)24(17)19(25)22-14-7-6-11-15-9-4-3-5-10-15/h3-5,8-10,12-13H,6-7,11,14H2,2H3,(H,22,25). The molecule has 26 heavy (non-hydrogen) atoms. The van der Waals surface area contributed by atoms with Crippen LogP contribution in [0, 0.1) is 6.57 Å². The predicted molar refractivity (Wildman–Crippen MR) is 101 cm³/mol. The van der Waals surface area contributed by atoms with E-state index >= 15 is 0 Å². The van der Waals surface area contributed by atoms with Crippen molar-refractivity contribution in [3.05, 3.63) is 65.5 Å². The number of amides is 1. The van der Waals surface area contributed by atoms with E-state index in [2.05, 4.69) is 27.3 Å². The van der Waals surface area contributed by atoms with Gasteiger partial charge in [0, 0.05) is 6.54 Å². The molecule has 3 rings (SSSR count). The lowest BCUT2D eigenvalue weighted by Crippen LogP contribution is -2.29. The van der Waals surface area contributed by atoms with Gasteiger partial charge >= 0.3 is 12.0 Å². The van der Waals surface area contributed by atoms with Crippen molar-refractivity contribution in [3.63, 3.8) is 0 Å². The molecule has 132 valence electrons. The molecule has 0 aliphatic carbocycles. The van der Waals surface area contributed by atoms with Crippen LogP contribution in [-0.2, 0) is 6.42 Å². The fourth-order valence-electron chi connectivity index (χ4n) is 2.86. The molecule has 0 unspecified atom stereocenters. The molecule has 0 saturated heterocycles. The number of ether oxygens (including phenoxy) is 1. The highest BCUT2D eigenvalue weighted by Crippen LogP contribution is 2.28. The summed E-state index contributed by atoms with van der Waals surface area (Å²) in [5.74, 6) is 0. The third-order valence-corrected chi connectivity index (χ3v) is 4.15. The van der Waals surface area contributed by atoms with E-state index in [0.717, 1.165) is 19.3 Å². The van der Waals surface area contributed by atoms with Gasteiger partial charge in [0.2, 0.25) is 5.69 Å². The molecular weight excluding hydrogens is 328 g/mol. The summed E-state index contributed by atoms with van der Waals surface area (Å²) < 4.78 is 6.60. The van der Waals surface area contributed by atoms with Gasteiger partial charge in [0.25, 0.3) is 0 Å². The monoisotopic (exact) mass is 348 g/mol. The van der Waals surface area contributed by atoms with Gasteiger partial charge in [0.15, 0.2) is 0 Å². The zero-order valence-corrected chi connectivity index (χ0v) is 14.6. The summed E-state index contributed by atoms with van der Waals surface area (Å²) in [5.41, 5.74) is 2.73. The number of hydrogen-bond donors (Lipinski definition) is 1. The summed E-state index contributed by atoms with van der Waals surface area (Å²) in [6, 6.07) is 15.3. The summed E-state index contributed by atoms with van der Waals surface area (Å²) in [6.45, 7) is 7.80. The number of nitrogens with zero attached hydrogens (tertiary/aromatic N) is 3. The maximum atomic E-state index is 12.6. The van der Waals surface area contributed by atoms with Crippen LogP contribution < -0.4 is 10.1 Å². The minimum atomic E-state index is -0.300. The normalized spacial score (nSPS) is 10.5. The van der Waals surface area contributed by atoms with Crippen LogP contribution >= 0.6 is 0 Å². The largest absolute Gasteiger partial charge is 0.468 e. The molecule has 1 amide bonds. The molecule has 0 spiro atoms. The fraction of sp³-hybridized carbons (Fsp3) is 0.250. The van der Waals surface area contributed by atoms with Crippen molar-refractivity contribution in [3.8, 4) is 6.01 Å². The van der Waals surface area contributed by atoms with Crippen LogP contribution in [-0.4, -0.2) is 29.2 Å². The van der Waals surface area contributed by atoms with Gasteiger partial charge in [-0.05, 0) is 30.9 Å². The smallest absolute Gasteiger partial charge is 0.330 e. The van der Waals surface area contributed by atoms with E-state index in [0.29, 0.717) is 23.3 Å². The molecule has 0 aliphatic heterocycles. The fourth-order valence-corrected chi connectivity index (χ4v) is 2.86. The molecule has 0 saturated carbocycles. The third kappa shape index (κ3) is 3.67. The van der Waals surface area contributed by atoms with Crippen LogP contribution in [0.4, 0.5) is 10.5 Å². The van der Waals surface area contributed by atoms with Crippen molar-refractivity contribution in [1.82, 2.24) is 14.9 Å². The van der Waals surface area contributed by atoms with Gasteiger partial charge in [-0.1, -0.05) is 42.5 Å². The van der Waals surface area contributed by atoms with Gasteiger partial charge in [0.1, 0.15) is 0 Å². The molecule has 0 aliphatic rings. The Labute approximate surface area is 152 Å². The number of imidazole rings is 1. The Kier molecular flexibility index (Phi) is 5.49. The van der Waals surface area contributed by atoms with Crippen molar-refractivity contribution in [2.45, 2.75) is 19.3 Å². The van der Waals surface area contributed by atoms with Crippen LogP contribution in [0.25, 0.3) is 15.9 Å². The molecule has 0 bridgehead atoms. The first kappa shape index (κ1) is 17.5. The van der Waals surface area contributed by atoms with Crippen molar-refractivity contribution in [1.29, 1.82) is 0 Å². The predicted octanol–water partition coefficient (Wildman–Crippen LogP) is 4.18. The Balaban J connectivity index is 1.63. The van der Waals surface area contributed by atoms with Crippen LogP contribution in [0.3, 0.4) is 0 Å². The Morgan fingerprint density at radius 3 is 2.73 bits per heavy atom. The molecule has 1 aromatic heterocycles. The quantitative estimate of drug-likeness (QED) is 0.537. The van der Waals surface area contributed by atoms with E-state index in [1.165, 1.54) is 17.2 Å². The highest BCUT2D eigenvalue weighted by Gasteiger charge is 2.18. The van der Waals surface area contributed by atoms with Crippen molar-refractivity contribution >= 4 is 22.8 Å². The van der Waals surface area contributed by atoms with E-state index in [9.17, 15) is 4.79 Å². The number of carbonyl (C=O) groups excluding carboxylic acids is 1. The van der Waals surface area contributed by atoms with Crippen molar-refractivity contribution in [2.24, 2.45) is 0 Å². The lowest BCUT2D eigenvalue weighted by atomic mass is 10.1. The molecule has 2 aromatic carbocycles. The topological polar surface area (TPSA) is 60.5 Å². The second-order valence-corrected chi connectivity index (χ2v) is 5.87. The average Bonchev–Trinajstić information content (AvgIpc) is 3.07. The number of aryl methyl sites for hydroxylation is 1. The van der Waals surface area contributed by atoms with Crippen LogP contribution in [0.1, 0.15) is 18.4 Å². The average molecular weight is 348 g/mol. The number of carbonyl (C=O) groups is 1. The van der Waals surface area contributed by atoms with Crippen LogP contribution in [0.15, 0.2) is 48.5 Å². The molecule has 3 aromatic rings. The SMILES string of the molecule is [C-]#[N+]c1cccc2c1nc(OC)n2C(=O)NCCCCc1ccccc1. The maximum Gasteiger partial charge on any atom is 0.330 e. The zero-order valence-electron chi connectivity index (χ0n) is 14.6. The number of unbranched alkanes of at least 4 members (excludes halogenated alkanes) is 1. The van der Waals surface area contributed by atoms with Crippen molar-refractivity contribution < 1.29 is 9.53 Å². The second-order valence-electron chi connectivity index (χ2n) is 5.87. The number of para-hydroxylation sites is 1. The summed E-state index contributed by atoms with van der Waals surface area (Å²) in [5, 5.41) is 2.90. The van der Waals surface area contributed by atoms with E-state index in [1.807, 2.05) is 18.2 Å².